The second-order valence-electron chi connectivity index (χ2n) is 3.84. The average molecular weight is 200 g/mol. The molecule has 3 heteroatoms. The van der Waals surface area contributed by atoms with Gasteiger partial charge in [0, 0.05) is 13.0 Å². The molecule has 1 N–H and O–H groups in total. The molecule has 3 nitrogen and oxygen atoms in total. The Morgan fingerprint density at radius 3 is 2.60 bits per heavy atom. The van der Waals surface area contributed by atoms with Crippen molar-refractivity contribution < 1.29 is 4.79 Å². The summed E-state index contributed by atoms with van der Waals surface area (Å²) in [7, 11) is 0. The first-order chi connectivity index (χ1) is 7.27. The van der Waals surface area contributed by atoms with E-state index in [4.69, 9.17) is 0 Å². The summed E-state index contributed by atoms with van der Waals surface area (Å²) in [6.45, 7) is 0.423. The molecule has 1 heterocycles. The van der Waals surface area contributed by atoms with Crippen molar-refractivity contribution in [3.63, 3.8) is 0 Å². The molecule has 76 valence electrons. The van der Waals surface area contributed by atoms with Gasteiger partial charge in [-0.2, -0.15) is 5.26 Å². The molecule has 1 aromatic rings. The van der Waals surface area contributed by atoms with Crippen LogP contribution < -0.4 is 5.32 Å². The number of piperidine rings is 1. The number of hydrogen-bond donors (Lipinski definition) is 1. The number of hydrogen-bond acceptors (Lipinski definition) is 2. The minimum Gasteiger partial charge on any atom is -0.354 e. The molecule has 0 radical (unpaired) electrons. The maximum absolute atomic E-state index is 11.1. The third kappa shape index (κ3) is 1.71. The number of nitrogens with one attached hydrogen (secondary N) is 1. The Morgan fingerprint density at radius 1 is 1.33 bits per heavy atom. The van der Waals surface area contributed by atoms with Gasteiger partial charge in [-0.3, -0.25) is 4.79 Å². The summed E-state index contributed by atoms with van der Waals surface area (Å²) < 4.78 is 0. The van der Waals surface area contributed by atoms with E-state index in [0.717, 1.165) is 5.56 Å². The van der Waals surface area contributed by atoms with Crippen molar-refractivity contribution >= 4 is 5.91 Å². The van der Waals surface area contributed by atoms with E-state index < -0.39 is 5.41 Å². The zero-order chi connectivity index (χ0) is 10.7. The van der Waals surface area contributed by atoms with Gasteiger partial charge in [-0.15, -0.1) is 0 Å². The normalized spacial score (nSPS) is 25.4. The monoisotopic (exact) mass is 200 g/mol. The molecule has 0 unspecified atom stereocenters. The average Bonchev–Trinajstić information content (AvgIpc) is 2.32. The van der Waals surface area contributed by atoms with Gasteiger partial charge < -0.3 is 5.32 Å². The molecular weight excluding hydrogens is 188 g/mol. The molecule has 1 fully saturated rings. The van der Waals surface area contributed by atoms with Gasteiger partial charge >= 0.3 is 0 Å². The van der Waals surface area contributed by atoms with Crippen molar-refractivity contribution in [2.24, 2.45) is 0 Å². The number of rotatable bonds is 1. The number of nitriles is 1. The zero-order valence-corrected chi connectivity index (χ0v) is 8.36. The van der Waals surface area contributed by atoms with Crippen LogP contribution in [0.1, 0.15) is 18.4 Å². The molecule has 1 atom stereocenters. The quantitative estimate of drug-likeness (QED) is 0.744. The third-order valence-electron chi connectivity index (χ3n) is 2.91. The van der Waals surface area contributed by atoms with Crippen LogP contribution in [0, 0.1) is 11.3 Å². The van der Waals surface area contributed by atoms with Crippen LogP contribution >= 0.6 is 0 Å². The smallest absolute Gasteiger partial charge is 0.220 e. The van der Waals surface area contributed by atoms with E-state index in [0.29, 0.717) is 19.4 Å². The molecule has 1 amide bonds. The van der Waals surface area contributed by atoms with Crippen molar-refractivity contribution in [1.29, 1.82) is 5.26 Å². The fraction of sp³-hybridized carbons (Fsp3) is 0.333. The first kappa shape index (κ1) is 9.72. The maximum Gasteiger partial charge on any atom is 0.220 e. The van der Waals surface area contributed by atoms with Crippen LogP contribution in [-0.2, 0) is 10.2 Å². The van der Waals surface area contributed by atoms with Crippen LogP contribution in [-0.4, -0.2) is 12.5 Å². The lowest BCUT2D eigenvalue weighted by Crippen LogP contribution is -2.45. The number of carbonyl (C=O) groups excluding carboxylic acids is 1. The number of amides is 1. The van der Waals surface area contributed by atoms with Crippen LogP contribution in [0.5, 0.6) is 0 Å². The molecule has 1 aromatic carbocycles. The molecule has 0 spiro atoms. The van der Waals surface area contributed by atoms with Crippen molar-refractivity contribution in [1.82, 2.24) is 5.32 Å². The lowest BCUT2D eigenvalue weighted by atomic mass is 9.76. The fourth-order valence-electron chi connectivity index (χ4n) is 1.92. The third-order valence-corrected chi connectivity index (χ3v) is 2.91. The second-order valence-corrected chi connectivity index (χ2v) is 3.84. The maximum atomic E-state index is 11.1. The lowest BCUT2D eigenvalue weighted by molar-refractivity contribution is -0.122. The summed E-state index contributed by atoms with van der Waals surface area (Å²) in [5, 5.41) is 12.0. The molecule has 2 rings (SSSR count). The van der Waals surface area contributed by atoms with Gasteiger partial charge in [0.15, 0.2) is 0 Å². The van der Waals surface area contributed by atoms with E-state index in [-0.39, 0.29) is 5.91 Å². The summed E-state index contributed by atoms with van der Waals surface area (Å²) in [4.78, 5) is 11.1. The summed E-state index contributed by atoms with van der Waals surface area (Å²) in [5.74, 6) is 0.0387. The zero-order valence-electron chi connectivity index (χ0n) is 8.36. The molecular formula is C12H12N2O. The second kappa shape index (κ2) is 3.74. The van der Waals surface area contributed by atoms with Crippen molar-refractivity contribution in [3.8, 4) is 6.07 Å². The van der Waals surface area contributed by atoms with Gasteiger partial charge in [0.1, 0.15) is 0 Å². The van der Waals surface area contributed by atoms with E-state index in [1.807, 2.05) is 30.3 Å². The minimum atomic E-state index is -0.533. The van der Waals surface area contributed by atoms with Crippen LogP contribution in [0.3, 0.4) is 0 Å². The number of nitrogens with zero attached hydrogens (tertiary/aromatic N) is 1. The van der Waals surface area contributed by atoms with Crippen LogP contribution in [0.15, 0.2) is 30.3 Å². The Morgan fingerprint density at radius 2 is 2.07 bits per heavy atom. The van der Waals surface area contributed by atoms with Gasteiger partial charge in [-0.05, 0) is 12.0 Å². The van der Waals surface area contributed by atoms with Crippen molar-refractivity contribution in [2.75, 3.05) is 6.54 Å². The largest absolute Gasteiger partial charge is 0.354 e. The Labute approximate surface area is 88.7 Å². The van der Waals surface area contributed by atoms with Gasteiger partial charge in [-0.1, -0.05) is 30.3 Å². The highest BCUT2D eigenvalue weighted by atomic mass is 16.1. The molecule has 0 bridgehead atoms. The molecule has 1 aliphatic heterocycles. The Hall–Kier alpha value is -1.82. The molecule has 0 saturated carbocycles. The predicted molar refractivity (Wildman–Crippen MR) is 56.0 cm³/mol. The highest BCUT2D eigenvalue weighted by Gasteiger charge is 2.36. The summed E-state index contributed by atoms with van der Waals surface area (Å²) in [5.41, 5.74) is 0.460. The van der Waals surface area contributed by atoms with E-state index in [1.54, 1.807) is 0 Å². The van der Waals surface area contributed by atoms with E-state index in [1.165, 1.54) is 0 Å². The molecule has 1 aliphatic rings. The Balaban J connectivity index is 2.32. The van der Waals surface area contributed by atoms with E-state index in [9.17, 15) is 10.1 Å². The van der Waals surface area contributed by atoms with Crippen LogP contribution in [0.25, 0.3) is 0 Å². The fourth-order valence-corrected chi connectivity index (χ4v) is 1.92. The summed E-state index contributed by atoms with van der Waals surface area (Å²) in [6, 6.07) is 12.0. The first-order valence-corrected chi connectivity index (χ1v) is 5.00. The van der Waals surface area contributed by atoms with E-state index >= 15 is 0 Å². The standard InChI is InChI=1S/C12H12N2O/c13-8-12(7-6-11(15)14-9-12)10-4-2-1-3-5-10/h1-5H,6-7,9H2,(H,14,15)/t12-/m0/s1. The minimum absolute atomic E-state index is 0.0387. The van der Waals surface area contributed by atoms with E-state index in [2.05, 4.69) is 11.4 Å². The number of carbonyl (C=O) groups is 1. The van der Waals surface area contributed by atoms with Crippen LogP contribution in [0.2, 0.25) is 0 Å². The Bertz CT molecular complexity index is 395. The first-order valence-electron chi connectivity index (χ1n) is 5.00. The van der Waals surface area contributed by atoms with Crippen molar-refractivity contribution in [2.45, 2.75) is 18.3 Å². The summed E-state index contributed by atoms with van der Waals surface area (Å²) >= 11 is 0. The van der Waals surface area contributed by atoms with Gasteiger partial charge in [0.25, 0.3) is 0 Å². The topological polar surface area (TPSA) is 52.9 Å². The van der Waals surface area contributed by atoms with Crippen LogP contribution in [0.4, 0.5) is 0 Å². The molecule has 0 aromatic heterocycles. The van der Waals surface area contributed by atoms with Gasteiger partial charge in [0.2, 0.25) is 5.91 Å². The lowest BCUT2D eigenvalue weighted by Gasteiger charge is -2.31. The highest BCUT2D eigenvalue weighted by Crippen LogP contribution is 2.30. The van der Waals surface area contributed by atoms with Crippen molar-refractivity contribution in [3.05, 3.63) is 35.9 Å². The SMILES string of the molecule is N#C[C@@]1(c2ccccc2)CCC(=O)NC1. The predicted octanol–water partition coefficient (Wildman–Crippen LogP) is 1.36. The molecule has 15 heavy (non-hydrogen) atoms. The van der Waals surface area contributed by atoms with Gasteiger partial charge in [0.05, 0.1) is 11.5 Å². The Kier molecular flexibility index (Phi) is 2.42. The molecule has 0 aliphatic carbocycles. The molecule has 1 saturated heterocycles. The highest BCUT2D eigenvalue weighted by molar-refractivity contribution is 5.77. The summed E-state index contributed by atoms with van der Waals surface area (Å²) in [6.07, 6.45) is 1.04. The van der Waals surface area contributed by atoms with Gasteiger partial charge in [-0.25, -0.2) is 0 Å². The number of benzene rings is 1.